The van der Waals surface area contributed by atoms with E-state index in [1.807, 2.05) is 6.92 Å². The summed E-state index contributed by atoms with van der Waals surface area (Å²) in [6.45, 7) is 8.30. The van der Waals surface area contributed by atoms with Crippen molar-refractivity contribution < 1.29 is 0 Å². The highest BCUT2D eigenvalue weighted by Gasteiger charge is 2.15. The first kappa shape index (κ1) is 14.8. The molecule has 1 N–H and O–H groups in total. The van der Waals surface area contributed by atoms with Crippen LogP contribution in [-0.4, -0.2) is 20.2 Å². The van der Waals surface area contributed by atoms with E-state index in [2.05, 4.69) is 51.6 Å². The number of anilines is 1. The maximum atomic E-state index is 4.57. The molecule has 1 atom stereocenters. The molecule has 0 aromatic carbocycles. The molecular formula is C14H21N5S. The van der Waals surface area contributed by atoms with E-state index in [4.69, 9.17) is 0 Å². The number of aromatic nitrogens is 4. The second-order valence-electron chi connectivity index (χ2n) is 4.67. The summed E-state index contributed by atoms with van der Waals surface area (Å²) in [4.78, 5) is 9.11. The number of nitrogens with zero attached hydrogens (tertiary/aromatic N) is 4. The number of aryl methyl sites for hydroxylation is 3. The van der Waals surface area contributed by atoms with E-state index in [0.717, 1.165) is 41.4 Å². The lowest BCUT2D eigenvalue weighted by atomic mass is 10.2. The Balaban J connectivity index is 2.19. The second-order valence-corrected chi connectivity index (χ2v) is 5.56. The van der Waals surface area contributed by atoms with Gasteiger partial charge in [-0.1, -0.05) is 20.8 Å². The van der Waals surface area contributed by atoms with Crippen molar-refractivity contribution in [1.82, 2.24) is 20.2 Å². The van der Waals surface area contributed by atoms with E-state index in [1.54, 1.807) is 11.3 Å². The van der Waals surface area contributed by atoms with E-state index in [0.29, 0.717) is 5.95 Å². The van der Waals surface area contributed by atoms with Gasteiger partial charge >= 0.3 is 0 Å². The minimum Gasteiger partial charge on any atom is -0.344 e. The van der Waals surface area contributed by atoms with Crippen molar-refractivity contribution in [3.05, 3.63) is 27.5 Å². The van der Waals surface area contributed by atoms with Crippen LogP contribution < -0.4 is 5.32 Å². The molecule has 0 bridgehead atoms. The third-order valence-corrected chi connectivity index (χ3v) is 4.23. The molecule has 0 saturated heterocycles. The Labute approximate surface area is 123 Å². The molecule has 20 heavy (non-hydrogen) atoms. The molecule has 0 saturated carbocycles. The maximum absolute atomic E-state index is 4.57. The van der Waals surface area contributed by atoms with Gasteiger partial charge in [-0.05, 0) is 26.2 Å². The highest BCUT2D eigenvalue weighted by atomic mass is 32.1. The van der Waals surface area contributed by atoms with Gasteiger partial charge in [-0.3, -0.25) is 0 Å². The topological polar surface area (TPSA) is 63.6 Å². The molecule has 2 aromatic heterocycles. The van der Waals surface area contributed by atoms with E-state index >= 15 is 0 Å². The molecular weight excluding hydrogens is 270 g/mol. The molecule has 0 fully saturated rings. The molecule has 1 unspecified atom stereocenters. The van der Waals surface area contributed by atoms with Crippen LogP contribution >= 0.6 is 11.3 Å². The first-order valence-corrected chi connectivity index (χ1v) is 7.96. The SMILES string of the molecule is CCc1nnc(NC(CC)c2nc(C)cs2)nc1CC. The average Bonchev–Trinajstić information content (AvgIpc) is 2.90. The van der Waals surface area contributed by atoms with Crippen LogP contribution in [0.1, 0.15) is 55.3 Å². The number of hydrogen-bond acceptors (Lipinski definition) is 6. The van der Waals surface area contributed by atoms with E-state index in [1.165, 1.54) is 0 Å². The fraction of sp³-hybridized carbons (Fsp3) is 0.571. The zero-order valence-electron chi connectivity index (χ0n) is 12.5. The monoisotopic (exact) mass is 291 g/mol. The fourth-order valence-corrected chi connectivity index (χ4v) is 2.96. The number of hydrogen-bond donors (Lipinski definition) is 1. The normalized spacial score (nSPS) is 12.4. The fourth-order valence-electron chi connectivity index (χ4n) is 2.03. The van der Waals surface area contributed by atoms with Crippen molar-refractivity contribution >= 4 is 17.3 Å². The summed E-state index contributed by atoms with van der Waals surface area (Å²) in [7, 11) is 0. The van der Waals surface area contributed by atoms with Gasteiger partial charge in [0.2, 0.25) is 5.95 Å². The largest absolute Gasteiger partial charge is 0.344 e. The van der Waals surface area contributed by atoms with E-state index in [-0.39, 0.29) is 6.04 Å². The van der Waals surface area contributed by atoms with Crippen molar-refractivity contribution in [2.45, 2.75) is 53.0 Å². The van der Waals surface area contributed by atoms with Crippen LogP contribution in [0.15, 0.2) is 5.38 Å². The Bertz CT molecular complexity index is 566. The van der Waals surface area contributed by atoms with Gasteiger partial charge in [0.1, 0.15) is 5.01 Å². The second kappa shape index (κ2) is 6.74. The quantitative estimate of drug-likeness (QED) is 0.884. The molecule has 2 heterocycles. The number of thiazole rings is 1. The summed E-state index contributed by atoms with van der Waals surface area (Å²) in [6, 6.07) is 0.146. The highest BCUT2D eigenvalue weighted by Crippen LogP contribution is 2.24. The Morgan fingerprint density at radius 1 is 1.10 bits per heavy atom. The molecule has 0 radical (unpaired) electrons. The zero-order chi connectivity index (χ0) is 14.5. The lowest BCUT2D eigenvalue weighted by Crippen LogP contribution is -2.14. The molecule has 0 aliphatic rings. The predicted octanol–water partition coefficient (Wildman–Crippen LogP) is 3.32. The molecule has 0 aliphatic heterocycles. The van der Waals surface area contributed by atoms with Gasteiger partial charge in [0.05, 0.1) is 17.4 Å². The smallest absolute Gasteiger partial charge is 0.243 e. The van der Waals surface area contributed by atoms with Gasteiger partial charge in [0.15, 0.2) is 0 Å². The van der Waals surface area contributed by atoms with Crippen LogP contribution in [-0.2, 0) is 12.8 Å². The zero-order valence-corrected chi connectivity index (χ0v) is 13.3. The molecule has 6 heteroatoms. The summed E-state index contributed by atoms with van der Waals surface area (Å²) in [5, 5.41) is 14.9. The van der Waals surface area contributed by atoms with Crippen LogP contribution in [0.3, 0.4) is 0 Å². The Morgan fingerprint density at radius 2 is 1.85 bits per heavy atom. The Kier molecular flexibility index (Phi) is 5.00. The lowest BCUT2D eigenvalue weighted by Gasteiger charge is -2.15. The summed E-state index contributed by atoms with van der Waals surface area (Å²) in [5.41, 5.74) is 3.06. The molecule has 108 valence electrons. The molecule has 0 aliphatic carbocycles. The van der Waals surface area contributed by atoms with E-state index in [9.17, 15) is 0 Å². The summed E-state index contributed by atoms with van der Waals surface area (Å²) in [5.74, 6) is 0.596. The number of nitrogens with one attached hydrogen (secondary N) is 1. The van der Waals surface area contributed by atoms with Crippen LogP contribution in [0.5, 0.6) is 0 Å². The first-order chi connectivity index (χ1) is 9.67. The van der Waals surface area contributed by atoms with Crippen molar-refractivity contribution in [2.24, 2.45) is 0 Å². The minimum atomic E-state index is 0.146. The van der Waals surface area contributed by atoms with Gasteiger partial charge in [-0.2, -0.15) is 5.10 Å². The summed E-state index contributed by atoms with van der Waals surface area (Å²) < 4.78 is 0. The van der Waals surface area contributed by atoms with Crippen molar-refractivity contribution in [2.75, 3.05) is 5.32 Å². The summed E-state index contributed by atoms with van der Waals surface area (Å²) >= 11 is 1.67. The first-order valence-electron chi connectivity index (χ1n) is 7.08. The van der Waals surface area contributed by atoms with Crippen LogP contribution in [0, 0.1) is 6.92 Å². The van der Waals surface area contributed by atoms with Gasteiger partial charge in [0, 0.05) is 11.1 Å². The van der Waals surface area contributed by atoms with Gasteiger partial charge in [-0.15, -0.1) is 16.4 Å². The summed E-state index contributed by atoms with van der Waals surface area (Å²) in [6.07, 6.45) is 2.68. The molecule has 0 amide bonds. The Morgan fingerprint density at radius 3 is 2.40 bits per heavy atom. The standard InChI is InChI=1S/C14H21N5S/c1-5-10-11(6-2)18-19-14(16-10)17-12(7-3)13-15-9(4)8-20-13/h8,12H,5-7H2,1-4H3,(H,16,17,19). The van der Waals surface area contributed by atoms with Crippen molar-refractivity contribution in [3.63, 3.8) is 0 Å². The van der Waals surface area contributed by atoms with Gasteiger partial charge in [-0.25, -0.2) is 9.97 Å². The van der Waals surface area contributed by atoms with Crippen LogP contribution in [0.4, 0.5) is 5.95 Å². The molecule has 2 rings (SSSR count). The lowest BCUT2D eigenvalue weighted by molar-refractivity contribution is 0.715. The van der Waals surface area contributed by atoms with Crippen molar-refractivity contribution in [1.29, 1.82) is 0 Å². The molecule has 5 nitrogen and oxygen atoms in total. The predicted molar refractivity (Wildman–Crippen MR) is 82.1 cm³/mol. The minimum absolute atomic E-state index is 0.146. The van der Waals surface area contributed by atoms with Crippen LogP contribution in [0.2, 0.25) is 0 Å². The maximum Gasteiger partial charge on any atom is 0.243 e. The Hall–Kier alpha value is -1.56. The van der Waals surface area contributed by atoms with Gasteiger partial charge in [0.25, 0.3) is 0 Å². The van der Waals surface area contributed by atoms with Crippen LogP contribution in [0.25, 0.3) is 0 Å². The highest BCUT2D eigenvalue weighted by molar-refractivity contribution is 7.09. The average molecular weight is 291 g/mol. The number of rotatable bonds is 6. The van der Waals surface area contributed by atoms with E-state index < -0.39 is 0 Å². The third kappa shape index (κ3) is 3.30. The van der Waals surface area contributed by atoms with Crippen molar-refractivity contribution in [3.8, 4) is 0 Å². The third-order valence-electron chi connectivity index (χ3n) is 3.16. The van der Waals surface area contributed by atoms with Gasteiger partial charge < -0.3 is 5.32 Å². The molecule has 0 spiro atoms. The molecule has 2 aromatic rings.